The number of rotatable bonds is 8. The molecule has 2 unspecified atom stereocenters. The molecule has 0 N–H and O–H groups in total. The third-order valence-electron chi connectivity index (χ3n) is 14.7. The van der Waals surface area contributed by atoms with Gasteiger partial charge < -0.3 is 41.8 Å². The molecule has 3 heterocycles. The zero-order valence-corrected chi connectivity index (χ0v) is 42.9. The van der Waals surface area contributed by atoms with E-state index in [1.54, 1.807) is 24.3 Å². The summed E-state index contributed by atoms with van der Waals surface area (Å²) in [5.74, 6) is -0.248. The monoisotopic (exact) mass is 990 g/mol. The second kappa shape index (κ2) is 19.6. The molecule has 0 aromatic heterocycles. The number of hydrogen-bond donors (Lipinski definition) is 0. The van der Waals surface area contributed by atoms with E-state index < -0.39 is 35.1 Å². The van der Waals surface area contributed by atoms with Crippen molar-refractivity contribution in [3.63, 3.8) is 0 Å². The molecule has 0 amide bonds. The summed E-state index contributed by atoms with van der Waals surface area (Å²) in [6.45, 7) is 39.7. The van der Waals surface area contributed by atoms with Gasteiger partial charge in [0.25, 0.3) is 0 Å². The summed E-state index contributed by atoms with van der Waals surface area (Å²) in [5.41, 5.74) is -5.05. The second-order valence-electron chi connectivity index (χ2n) is 20.9. The molecule has 0 saturated carbocycles. The first kappa shape index (κ1) is 54.9. The molecule has 20 heteroatoms. The largest absolute Gasteiger partial charge is 0.534 e. The van der Waals surface area contributed by atoms with Crippen molar-refractivity contribution in [2.24, 2.45) is 0 Å². The minimum Gasteiger partial charge on any atom is -0.405 e. The second-order valence-corrected chi connectivity index (χ2v) is 23.3. The Morgan fingerprint density at radius 2 is 0.940 bits per heavy atom. The van der Waals surface area contributed by atoms with Crippen molar-refractivity contribution in [2.75, 3.05) is 13.1 Å². The fourth-order valence-electron chi connectivity index (χ4n) is 8.17. The van der Waals surface area contributed by atoms with Crippen molar-refractivity contribution in [3.05, 3.63) is 116 Å². The minimum absolute atomic E-state index is 0.00649. The van der Waals surface area contributed by atoms with E-state index in [0.29, 0.717) is 18.0 Å². The van der Waals surface area contributed by atoms with Gasteiger partial charge in [0.05, 0.1) is 44.4 Å². The maximum atomic E-state index is 12.4. The average molecular weight is 991 g/mol. The summed E-state index contributed by atoms with van der Waals surface area (Å²) in [6, 6.07) is 14.8. The molecule has 3 fully saturated rings. The van der Waals surface area contributed by atoms with Crippen molar-refractivity contribution in [3.8, 4) is 0 Å². The quantitative estimate of drug-likeness (QED) is 0.111. The molecule has 5 aliphatic rings. The Bertz CT molecular complexity index is 2290. The van der Waals surface area contributed by atoms with Crippen LogP contribution in [-0.2, 0) is 53.1 Å². The first-order chi connectivity index (χ1) is 30.7. The first-order valence-corrected chi connectivity index (χ1v) is 24.5. The van der Waals surface area contributed by atoms with Crippen LogP contribution >= 0.6 is 23.2 Å². The normalized spacial score (nSPS) is 26.7. The molecule has 11 nitrogen and oxygen atoms in total. The Morgan fingerprint density at radius 1 is 0.597 bits per heavy atom. The van der Waals surface area contributed by atoms with Crippen molar-refractivity contribution < 1.29 is 53.7 Å². The number of hydrogen-bond acceptors (Lipinski definition) is 9. The van der Waals surface area contributed by atoms with Gasteiger partial charge in [0.1, 0.15) is 5.76 Å². The highest BCUT2D eigenvalue weighted by molar-refractivity contribution is 7.87. The molecular formula is C47H62B3Cl2F3N2O9S. The van der Waals surface area contributed by atoms with Crippen LogP contribution in [0.4, 0.5) is 13.2 Å². The SMILES string of the molecule is CC1(C)OB(B2OC(C)(C)C(C)(C)O2)OC1(C)C.[C-]#[N+]CC1(c2ccc(Cl)cc2)CC=C(B2OC(C)(C)C(C)(C)O2)CC1.[C-]#[N+]CC1(c2ccc(Cl)cc2)CC=C(OS(=O)(=O)C(F)(F)F)CC1. The highest BCUT2D eigenvalue weighted by Gasteiger charge is 2.64. The lowest BCUT2D eigenvalue weighted by molar-refractivity contribution is -0.0524. The zero-order valence-electron chi connectivity index (χ0n) is 40.5. The Labute approximate surface area is 406 Å². The standard InChI is InChI=1S/C20H25BClNO2.C15H13ClF3NO3S.C12H24B2O4/c1-18(2)19(3,4)25-21(24-18)16-10-12-20(13-11-16,14-23-5)15-6-8-17(22)9-7-15;1-20-10-14(11-2-4-12(16)5-3-11)8-6-13(7-9-14)23-24(21,22)15(17,18)19;1-9(2)10(3,4)16-13(15-9)14-17-11(5,6)12(7,8)18-14/h6-10H,11-14H2,1-4H3;2-6H,7-10H2;1-8H3. The van der Waals surface area contributed by atoms with Gasteiger partial charge in [-0.1, -0.05) is 53.5 Å². The molecule has 67 heavy (non-hydrogen) atoms. The van der Waals surface area contributed by atoms with Crippen molar-refractivity contribution in [1.82, 2.24) is 0 Å². The van der Waals surface area contributed by atoms with Crippen LogP contribution in [0.3, 0.4) is 0 Å². The summed E-state index contributed by atoms with van der Waals surface area (Å²) >= 11 is 11.9. The van der Waals surface area contributed by atoms with Gasteiger partial charge in [-0.25, -0.2) is 13.1 Å². The van der Waals surface area contributed by atoms with E-state index >= 15 is 0 Å². The molecule has 0 spiro atoms. The highest BCUT2D eigenvalue weighted by atomic mass is 35.5. The number of nitrogens with zero attached hydrogens (tertiary/aromatic N) is 2. The maximum Gasteiger partial charge on any atom is 0.534 e. The van der Waals surface area contributed by atoms with Crippen LogP contribution in [0, 0.1) is 13.1 Å². The van der Waals surface area contributed by atoms with Crippen LogP contribution in [-0.4, -0.2) is 81.8 Å². The van der Waals surface area contributed by atoms with Gasteiger partial charge >= 0.3 is 36.8 Å². The Kier molecular flexibility index (Phi) is 16.1. The molecule has 3 saturated heterocycles. The number of benzene rings is 2. The predicted octanol–water partition coefficient (Wildman–Crippen LogP) is 11.9. The molecule has 364 valence electrons. The lowest BCUT2D eigenvalue weighted by atomic mass is 9.49. The van der Waals surface area contributed by atoms with Crippen molar-refractivity contribution >= 4 is 54.5 Å². The number of halogens is 5. The molecule has 2 aliphatic carbocycles. The molecule has 0 radical (unpaired) electrons. The summed E-state index contributed by atoms with van der Waals surface area (Å²) in [4.78, 5) is 7.14. The van der Waals surface area contributed by atoms with Crippen LogP contribution in [0.1, 0.15) is 133 Å². The topological polar surface area (TPSA) is 107 Å². The van der Waals surface area contributed by atoms with Gasteiger partial charge in [0, 0.05) is 16.5 Å². The number of allylic oxidation sites excluding steroid dienone is 4. The smallest absolute Gasteiger partial charge is 0.405 e. The molecular weight excluding hydrogens is 929 g/mol. The maximum absolute atomic E-state index is 12.4. The fourth-order valence-corrected chi connectivity index (χ4v) is 8.95. The van der Waals surface area contributed by atoms with E-state index in [1.165, 1.54) is 17.1 Å². The number of alkyl halides is 3. The zero-order chi connectivity index (χ0) is 50.3. The van der Waals surface area contributed by atoms with Gasteiger partial charge in [-0.05, 0) is 162 Å². The van der Waals surface area contributed by atoms with Gasteiger partial charge in [0.15, 0.2) is 0 Å². The van der Waals surface area contributed by atoms with Gasteiger partial charge in [-0.2, -0.15) is 21.6 Å². The lowest BCUT2D eigenvalue weighted by Crippen LogP contribution is -2.41. The lowest BCUT2D eigenvalue weighted by Gasteiger charge is -2.33. The van der Waals surface area contributed by atoms with Gasteiger partial charge in [-0.3, -0.25) is 0 Å². The van der Waals surface area contributed by atoms with E-state index in [9.17, 15) is 21.6 Å². The fraction of sp³-hybridized carbons (Fsp3) is 0.617. The molecule has 3 aliphatic heterocycles. The van der Waals surface area contributed by atoms with Crippen LogP contribution in [0.25, 0.3) is 9.69 Å². The molecule has 2 atom stereocenters. The van der Waals surface area contributed by atoms with E-state index in [0.717, 1.165) is 29.8 Å². The molecule has 2 aromatic carbocycles. The van der Waals surface area contributed by atoms with Crippen LogP contribution in [0.5, 0.6) is 0 Å². The van der Waals surface area contributed by atoms with Crippen LogP contribution < -0.4 is 0 Å². The third-order valence-corrected chi connectivity index (χ3v) is 16.2. The molecule has 0 bridgehead atoms. The van der Waals surface area contributed by atoms with E-state index in [-0.39, 0.29) is 71.3 Å². The van der Waals surface area contributed by atoms with Crippen molar-refractivity contribution in [2.45, 2.75) is 172 Å². The Balaban J connectivity index is 0.000000191. The van der Waals surface area contributed by atoms with E-state index in [2.05, 4.69) is 59.8 Å². The van der Waals surface area contributed by atoms with Gasteiger partial charge in [0.2, 0.25) is 13.1 Å². The Hall–Kier alpha value is -3.03. The summed E-state index contributed by atoms with van der Waals surface area (Å²) in [6.07, 6.45) is 6.68. The summed E-state index contributed by atoms with van der Waals surface area (Å²) in [7, 11) is -6.89. The summed E-state index contributed by atoms with van der Waals surface area (Å²) in [5, 5.41) is 1.26. The van der Waals surface area contributed by atoms with Crippen LogP contribution in [0.2, 0.25) is 10.0 Å². The predicted molar refractivity (Wildman–Crippen MR) is 257 cm³/mol. The third kappa shape index (κ3) is 12.0. The van der Waals surface area contributed by atoms with Gasteiger partial charge in [-0.15, -0.1) is 0 Å². The average Bonchev–Trinajstić information content (AvgIpc) is 3.69. The van der Waals surface area contributed by atoms with Crippen molar-refractivity contribution in [1.29, 1.82) is 0 Å². The molecule has 2 aromatic rings. The minimum atomic E-state index is -5.66. The highest BCUT2D eigenvalue weighted by Crippen LogP contribution is 2.46. The van der Waals surface area contributed by atoms with E-state index in [4.69, 9.17) is 64.3 Å². The Morgan fingerprint density at radius 3 is 1.24 bits per heavy atom. The summed E-state index contributed by atoms with van der Waals surface area (Å²) < 4.78 is 99.6. The first-order valence-electron chi connectivity index (χ1n) is 22.3. The van der Waals surface area contributed by atoms with Crippen LogP contribution in [0.15, 0.2) is 71.9 Å². The van der Waals surface area contributed by atoms with E-state index in [1.807, 2.05) is 67.5 Å². The molecule has 7 rings (SSSR count).